The van der Waals surface area contributed by atoms with E-state index in [-0.39, 0.29) is 5.91 Å². The molecule has 0 saturated carbocycles. The van der Waals surface area contributed by atoms with Crippen molar-refractivity contribution in [3.63, 3.8) is 0 Å². The van der Waals surface area contributed by atoms with Crippen molar-refractivity contribution in [2.24, 2.45) is 0 Å². The summed E-state index contributed by atoms with van der Waals surface area (Å²) in [4.78, 5) is 12.3. The van der Waals surface area contributed by atoms with Crippen molar-refractivity contribution >= 4 is 17.3 Å². The van der Waals surface area contributed by atoms with Crippen molar-refractivity contribution in [2.75, 3.05) is 11.1 Å². The van der Waals surface area contributed by atoms with Gasteiger partial charge in [0.25, 0.3) is 5.91 Å². The fourth-order valence-corrected chi connectivity index (χ4v) is 2.49. The second-order valence-corrected chi connectivity index (χ2v) is 6.14. The second kappa shape index (κ2) is 7.31. The molecule has 0 spiro atoms. The van der Waals surface area contributed by atoms with Crippen molar-refractivity contribution < 1.29 is 14.1 Å². The van der Waals surface area contributed by atoms with Gasteiger partial charge >= 0.3 is 0 Å². The van der Waals surface area contributed by atoms with Gasteiger partial charge in [0.1, 0.15) is 18.1 Å². The molecule has 6 nitrogen and oxygen atoms in total. The summed E-state index contributed by atoms with van der Waals surface area (Å²) in [5.74, 6) is 1.21. The number of aryl methyl sites for hydroxylation is 3. The van der Waals surface area contributed by atoms with Crippen LogP contribution in [0.5, 0.6) is 5.75 Å². The van der Waals surface area contributed by atoms with Crippen molar-refractivity contribution in [3.8, 4) is 5.75 Å². The summed E-state index contributed by atoms with van der Waals surface area (Å²) in [5.41, 5.74) is 10.4. The first-order chi connectivity index (χ1) is 12.4. The van der Waals surface area contributed by atoms with E-state index in [0.717, 1.165) is 22.6 Å². The van der Waals surface area contributed by atoms with Gasteiger partial charge in [0.15, 0.2) is 0 Å². The predicted octanol–water partition coefficient (Wildman–Crippen LogP) is 4.01. The van der Waals surface area contributed by atoms with Gasteiger partial charge < -0.3 is 20.3 Å². The van der Waals surface area contributed by atoms with Crippen LogP contribution in [-0.4, -0.2) is 11.1 Å². The number of carbonyl (C=O) groups is 1. The number of benzene rings is 2. The molecular weight excluding hydrogens is 330 g/mol. The molecule has 3 N–H and O–H groups in total. The minimum atomic E-state index is -0.203. The molecule has 134 valence electrons. The maximum absolute atomic E-state index is 12.3. The van der Waals surface area contributed by atoms with Gasteiger partial charge in [-0.15, -0.1) is 0 Å². The SMILES string of the molecule is Cc1ccc(NC(=O)c2ccc(OCc3c(C)noc3C)cc2)cc1N. The third-order valence-corrected chi connectivity index (χ3v) is 4.22. The minimum Gasteiger partial charge on any atom is -0.489 e. The lowest BCUT2D eigenvalue weighted by atomic mass is 10.1. The predicted molar refractivity (Wildman–Crippen MR) is 100 cm³/mol. The van der Waals surface area contributed by atoms with Crippen LogP contribution in [-0.2, 0) is 6.61 Å². The molecular formula is C20H21N3O3. The summed E-state index contributed by atoms with van der Waals surface area (Å²) in [7, 11) is 0. The van der Waals surface area contributed by atoms with Crippen molar-refractivity contribution in [3.05, 3.63) is 70.6 Å². The van der Waals surface area contributed by atoms with Crippen molar-refractivity contribution in [2.45, 2.75) is 27.4 Å². The number of anilines is 2. The second-order valence-electron chi connectivity index (χ2n) is 6.14. The fourth-order valence-electron chi connectivity index (χ4n) is 2.49. The van der Waals surface area contributed by atoms with Crippen LogP contribution < -0.4 is 15.8 Å². The molecule has 0 atom stereocenters. The van der Waals surface area contributed by atoms with E-state index in [1.54, 1.807) is 30.3 Å². The summed E-state index contributed by atoms with van der Waals surface area (Å²) in [6.07, 6.45) is 0. The molecule has 0 saturated heterocycles. The highest BCUT2D eigenvalue weighted by atomic mass is 16.5. The van der Waals surface area contributed by atoms with Gasteiger partial charge in [0.05, 0.1) is 11.3 Å². The molecule has 1 aromatic heterocycles. The van der Waals surface area contributed by atoms with Gasteiger partial charge in [0, 0.05) is 16.9 Å². The standard InChI is InChI=1S/C20H21N3O3/c1-12-4-7-16(10-19(12)21)22-20(24)15-5-8-17(9-6-15)25-11-18-13(2)23-26-14(18)3/h4-10H,11,21H2,1-3H3,(H,22,24). The topological polar surface area (TPSA) is 90.4 Å². The number of amides is 1. The lowest BCUT2D eigenvalue weighted by Crippen LogP contribution is -2.12. The Hall–Kier alpha value is -3.28. The van der Waals surface area contributed by atoms with Crippen LogP contribution in [0.2, 0.25) is 0 Å². The maximum Gasteiger partial charge on any atom is 0.255 e. The van der Waals surface area contributed by atoms with Crippen LogP contribution in [0.3, 0.4) is 0 Å². The quantitative estimate of drug-likeness (QED) is 0.678. The van der Waals surface area contributed by atoms with Crippen LogP contribution in [0.1, 0.15) is 32.9 Å². The lowest BCUT2D eigenvalue weighted by Gasteiger charge is -2.09. The van der Waals surface area contributed by atoms with Gasteiger partial charge in [0.2, 0.25) is 0 Å². The zero-order chi connectivity index (χ0) is 18.7. The molecule has 0 bridgehead atoms. The van der Waals surface area contributed by atoms with E-state index in [9.17, 15) is 4.79 Å². The Bertz CT molecular complexity index is 910. The summed E-state index contributed by atoms with van der Waals surface area (Å²) < 4.78 is 10.9. The Labute approximate surface area is 152 Å². The number of ether oxygens (including phenoxy) is 1. The molecule has 0 fully saturated rings. The molecule has 6 heteroatoms. The third-order valence-electron chi connectivity index (χ3n) is 4.22. The van der Waals surface area contributed by atoms with E-state index in [1.165, 1.54) is 0 Å². The van der Waals surface area contributed by atoms with E-state index in [2.05, 4.69) is 10.5 Å². The summed E-state index contributed by atoms with van der Waals surface area (Å²) in [6.45, 7) is 6.02. The number of carbonyl (C=O) groups excluding carboxylic acids is 1. The Balaban J connectivity index is 1.63. The number of nitrogens with two attached hydrogens (primary N) is 1. The molecule has 0 aliphatic carbocycles. The number of rotatable bonds is 5. The fraction of sp³-hybridized carbons (Fsp3) is 0.200. The van der Waals surface area contributed by atoms with Crippen molar-refractivity contribution in [1.82, 2.24) is 5.16 Å². The highest BCUT2D eigenvalue weighted by Gasteiger charge is 2.10. The number of hydrogen-bond acceptors (Lipinski definition) is 5. The van der Waals surface area contributed by atoms with Gasteiger partial charge in [-0.2, -0.15) is 0 Å². The Morgan fingerprint density at radius 2 is 1.88 bits per heavy atom. The average Bonchev–Trinajstić information content (AvgIpc) is 2.95. The number of nitrogen functional groups attached to an aromatic ring is 1. The van der Waals surface area contributed by atoms with Crippen LogP contribution in [0.15, 0.2) is 47.0 Å². The summed E-state index contributed by atoms with van der Waals surface area (Å²) >= 11 is 0. The third kappa shape index (κ3) is 3.85. The number of nitrogens with zero attached hydrogens (tertiary/aromatic N) is 1. The average molecular weight is 351 g/mol. The van der Waals surface area contributed by atoms with E-state index in [0.29, 0.717) is 29.3 Å². The monoisotopic (exact) mass is 351 g/mol. The van der Waals surface area contributed by atoms with Crippen LogP contribution in [0.25, 0.3) is 0 Å². The maximum atomic E-state index is 12.3. The van der Waals surface area contributed by atoms with Crippen LogP contribution in [0, 0.1) is 20.8 Å². The first-order valence-corrected chi connectivity index (χ1v) is 8.26. The number of hydrogen-bond donors (Lipinski definition) is 2. The largest absolute Gasteiger partial charge is 0.489 e. The van der Waals surface area contributed by atoms with Crippen LogP contribution >= 0.6 is 0 Å². The summed E-state index contributed by atoms with van der Waals surface area (Å²) in [5, 5.41) is 6.73. The minimum absolute atomic E-state index is 0.203. The molecule has 0 aliphatic heterocycles. The molecule has 1 amide bonds. The molecule has 1 heterocycles. The highest BCUT2D eigenvalue weighted by Crippen LogP contribution is 2.20. The summed E-state index contributed by atoms with van der Waals surface area (Å²) in [6, 6.07) is 12.4. The highest BCUT2D eigenvalue weighted by molar-refractivity contribution is 6.04. The molecule has 0 unspecified atom stereocenters. The smallest absolute Gasteiger partial charge is 0.255 e. The van der Waals surface area contributed by atoms with Gasteiger partial charge in [-0.25, -0.2) is 0 Å². The zero-order valence-electron chi connectivity index (χ0n) is 15.0. The molecule has 3 aromatic rings. The molecule has 0 radical (unpaired) electrons. The Kier molecular flexibility index (Phi) is 4.93. The van der Waals surface area contributed by atoms with E-state index < -0.39 is 0 Å². The lowest BCUT2D eigenvalue weighted by molar-refractivity contribution is 0.102. The molecule has 26 heavy (non-hydrogen) atoms. The van der Waals surface area contributed by atoms with E-state index in [4.69, 9.17) is 15.0 Å². The Morgan fingerprint density at radius 3 is 2.50 bits per heavy atom. The normalized spacial score (nSPS) is 10.6. The number of aromatic nitrogens is 1. The van der Waals surface area contributed by atoms with Gasteiger partial charge in [-0.05, 0) is 62.7 Å². The van der Waals surface area contributed by atoms with Crippen LogP contribution in [0.4, 0.5) is 11.4 Å². The molecule has 2 aromatic carbocycles. The van der Waals surface area contributed by atoms with E-state index in [1.807, 2.05) is 32.9 Å². The molecule has 0 aliphatic rings. The van der Waals surface area contributed by atoms with E-state index >= 15 is 0 Å². The van der Waals surface area contributed by atoms with Crippen molar-refractivity contribution in [1.29, 1.82) is 0 Å². The molecule has 3 rings (SSSR count). The first kappa shape index (κ1) is 17.5. The zero-order valence-corrected chi connectivity index (χ0v) is 15.0. The first-order valence-electron chi connectivity index (χ1n) is 8.26. The van der Waals surface area contributed by atoms with Gasteiger partial charge in [-0.1, -0.05) is 11.2 Å². The van der Waals surface area contributed by atoms with Gasteiger partial charge in [-0.3, -0.25) is 4.79 Å². The Morgan fingerprint density at radius 1 is 1.15 bits per heavy atom. The number of nitrogens with one attached hydrogen (secondary N) is 1.